The van der Waals surface area contributed by atoms with Crippen LogP contribution in [-0.2, 0) is 20.8 Å². The second-order valence-corrected chi connectivity index (χ2v) is 8.47. The minimum atomic E-state index is -0.881. The van der Waals surface area contributed by atoms with Crippen LogP contribution in [0.4, 0.5) is 0 Å². The second kappa shape index (κ2) is 12.9. The van der Waals surface area contributed by atoms with Crippen LogP contribution in [0.3, 0.4) is 0 Å². The molecule has 2 aromatic rings. The van der Waals surface area contributed by atoms with E-state index in [-0.39, 0.29) is 18.3 Å². The number of ether oxygens (including phenoxy) is 3. The lowest BCUT2D eigenvalue weighted by molar-refractivity contribution is -0.145. The third-order valence-corrected chi connectivity index (χ3v) is 5.58. The molecule has 0 saturated carbocycles. The predicted molar refractivity (Wildman–Crippen MR) is 129 cm³/mol. The summed E-state index contributed by atoms with van der Waals surface area (Å²) in [6.45, 7) is 10.8. The fourth-order valence-corrected chi connectivity index (χ4v) is 3.69. The zero-order valence-corrected chi connectivity index (χ0v) is 21.0. The highest BCUT2D eigenvalue weighted by molar-refractivity contribution is 6.00. The summed E-state index contributed by atoms with van der Waals surface area (Å²) < 4.78 is 17.9. The van der Waals surface area contributed by atoms with Gasteiger partial charge < -0.3 is 24.1 Å². The van der Waals surface area contributed by atoms with Gasteiger partial charge in [0.2, 0.25) is 5.78 Å². The highest BCUT2D eigenvalue weighted by Crippen LogP contribution is 2.17. The van der Waals surface area contributed by atoms with Crippen molar-refractivity contribution < 1.29 is 28.6 Å². The van der Waals surface area contributed by atoms with E-state index in [1.165, 1.54) is 0 Å². The van der Waals surface area contributed by atoms with Crippen LogP contribution in [0.25, 0.3) is 0 Å². The number of Topliss-reactive ketones (excluding diaryl/α,β-unsaturated/α-hetero) is 1. The van der Waals surface area contributed by atoms with Crippen molar-refractivity contribution in [2.45, 2.75) is 53.6 Å². The smallest absolute Gasteiger partial charge is 0.329 e. The molecule has 0 spiro atoms. The van der Waals surface area contributed by atoms with E-state index in [0.29, 0.717) is 30.1 Å². The van der Waals surface area contributed by atoms with E-state index in [4.69, 9.17) is 14.2 Å². The molecular weight excluding hydrogens is 436 g/mol. The molecular formula is C26H36N2O6. The van der Waals surface area contributed by atoms with E-state index >= 15 is 0 Å². The third kappa shape index (κ3) is 7.18. The summed E-state index contributed by atoms with van der Waals surface area (Å²) in [6, 6.07) is 7.60. The quantitative estimate of drug-likeness (QED) is 0.271. The summed E-state index contributed by atoms with van der Waals surface area (Å²) in [5, 5.41) is 2.72. The first-order chi connectivity index (χ1) is 16.2. The minimum Gasteiger partial charge on any atom is -0.494 e. The van der Waals surface area contributed by atoms with Crippen molar-refractivity contribution in [3.8, 4) is 5.75 Å². The standard InChI is InChI=1S/C26H36N2O6/c1-7-33-21-11-9-20(10-12-21)25(30)27-24(17(2)3)26(31)34-16-23(29)22-15-18(4)28(19(22)5)13-8-14-32-6/h9-12,15,17,24H,7-8,13-14,16H2,1-6H3,(H,27,30)/t24-/m0/s1. The van der Waals surface area contributed by atoms with Gasteiger partial charge in [0.05, 0.1) is 6.61 Å². The van der Waals surface area contributed by atoms with Crippen LogP contribution < -0.4 is 10.1 Å². The van der Waals surface area contributed by atoms with Crippen molar-refractivity contribution in [3.63, 3.8) is 0 Å². The number of carbonyl (C=O) groups is 3. The van der Waals surface area contributed by atoms with Crippen LogP contribution in [0.15, 0.2) is 30.3 Å². The van der Waals surface area contributed by atoms with Crippen LogP contribution in [0.5, 0.6) is 5.75 Å². The van der Waals surface area contributed by atoms with Crippen LogP contribution in [0.2, 0.25) is 0 Å². The molecule has 0 bridgehead atoms. The Labute approximate surface area is 201 Å². The van der Waals surface area contributed by atoms with Gasteiger partial charge in [-0.15, -0.1) is 0 Å². The van der Waals surface area contributed by atoms with E-state index in [1.807, 2.05) is 26.8 Å². The second-order valence-electron chi connectivity index (χ2n) is 8.47. The lowest BCUT2D eigenvalue weighted by atomic mass is 10.0. The first kappa shape index (κ1) is 27.1. The Hall–Kier alpha value is -3.13. The molecule has 0 radical (unpaired) electrons. The molecule has 1 aromatic heterocycles. The van der Waals surface area contributed by atoms with E-state index < -0.39 is 17.9 Å². The summed E-state index contributed by atoms with van der Waals surface area (Å²) in [4.78, 5) is 38.1. The third-order valence-electron chi connectivity index (χ3n) is 5.58. The van der Waals surface area contributed by atoms with Gasteiger partial charge in [0.1, 0.15) is 11.8 Å². The van der Waals surface area contributed by atoms with E-state index in [1.54, 1.807) is 45.2 Å². The fraction of sp³-hybridized carbons (Fsp3) is 0.500. The van der Waals surface area contributed by atoms with Crippen molar-refractivity contribution in [3.05, 3.63) is 52.8 Å². The number of hydrogen-bond donors (Lipinski definition) is 1. The number of aryl methyl sites for hydroxylation is 1. The fourth-order valence-electron chi connectivity index (χ4n) is 3.69. The van der Waals surface area contributed by atoms with Crippen molar-refractivity contribution >= 4 is 17.7 Å². The maximum Gasteiger partial charge on any atom is 0.329 e. The molecule has 186 valence electrons. The molecule has 0 unspecified atom stereocenters. The molecule has 1 heterocycles. The highest BCUT2D eigenvalue weighted by Gasteiger charge is 2.27. The predicted octanol–water partition coefficient (Wildman–Crippen LogP) is 3.72. The molecule has 1 atom stereocenters. The Morgan fingerprint density at radius 2 is 1.76 bits per heavy atom. The van der Waals surface area contributed by atoms with E-state index in [2.05, 4.69) is 9.88 Å². The molecule has 34 heavy (non-hydrogen) atoms. The molecule has 0 aliphatic rings. The summed E-state index contributed by atoms with van der Waals surface area (Å²) >= 11 is 0. The summed E-state index contributed by atoms with van der Waals surface area (Å²) in [5.41, 5.74) is 2.73. The number of ketones is 1. The number of amides is 1. The number of benzene rings is 1. The Morgan fingerprint density at radius 3 is 2.35 bits per heavy atom. The summed E-state index contributed by atoms with van der Waals surface area (Å²) in [6.07, 6.45) is 0.833. The van der Waals surface area contributed by atoms with Gasteiger partial charge in [-0.1, -0.05) is 13.8 Å². The zero-order valence-electron chi connectivity index (χ0n) is 21.0. The molecule has 0 saturated heterocycles. The molecule has 0 aliphatic heterocycles. The monoisotopic (exact) mass is 472 g/mol. The molecule has 1 aromatic carbocycles. The number of methoxy groups -OCH3 is 1. The Bertz CT molecular complexity index is 978. The molecule has 0 aliphatic carbocycles. The van der Waals surface area contributed by atoms with E-state index in [0.717, 1.165) is 24.4 Å². The van der Waals surface area contributed by atoms with Crippen LogP contribution in [0.1, 0.15) is 59.3 Å². The van der Waals surface area contributed by atoms with Crippen LogP contribution >= 0.6 is 0 Å². The number of nitrogens with zero attached hydrogens (tertiary/aromatic N) is 1. The molecule has 0 fully saturated rings. The number of rotatable bonds is 13. The van der Waals surface area contributed by atoms with Gasteiger partial charge in [0, 0.05) is 42.8 Å². The van der Waals surface area contributed by atoms with Crippen molar-refractivity contribution in [1.82, 2.24) is 9.88 Å². The molecule has 2 rings (SSSR count). The van der Waals surface area contributed by atoms with Gasteiger partial charge in [-0.2, -0.15) is 0 Å². The first-order valence-electron chi connectivity index (χ1n) is 11.6. The summed E-state index contributed by atoms with van der Waals surface area (Å²) in [5.74, 6) is -0.878. The Morgan fingerprint density at radius 1 is 1.09 bits per heavy atom. The number of nitrogens with one attached hydrogen (secondary N) is 1. The first-order valence-corrected chi connectivity index (χ1v) is 11.6. The SMILES string of the molecule is CCOc1ccc(C(=O)N[C@H](C(=O)OCC(=O)c2cc(C)n(CCCOC)c2C)C(C)C)cc1. The summed E-state index contributed by atoms with van der Waals surface area (Å²) in [7, 11) is 1.66. The maximum absolute atomic E-state index is 12.8. The topological polar surface area (TPSA) is 95.9 Å². The van der Waals surface area contributed by atoms with Gasteiger partial charge in [0.15, 0.2) is 6.61 Å². The lowest BCUT2D eigenvalue weighted by Crippen LogP contribution is -2.45. The van der Waals surface area contributed by atoms with Crippen LogP contribution in [0, 0.1) is 19.8 Å². The van der Waals surface area contributed by atoms with Gasteiger partial charge >= 0.3 is 5.97 Å². The minimum absolute atomic E-state index is 0.222. The van der Waals surface area contributed by atoms with Crippen molar-refractivity contribution in [2.24, 2.45) is 5.92 Å². The maximum atomic E-state index is 12.8. The van der Waals surface area contributed by atoms with Gasteiger partial charge in [-0.25, -0.2) is 4.79 Å². The molecule has 1 amide bonds. The number of carbonyl (C=O) groups excluding carboxylic acids is 3. The largest absolute Gasteiger partial charge is 0.494 e. The lowest BCUT2D eigenvalue weighted by Gasteiger charge is -2.21. The zero-order chi connectivity index (χ0) is 25.3. The number of hydrogen-bond acceptors (Lipinski definition) is 6. The molecule has 8 nitrogen and oxygen atoms in total. The van der Waals surface area contributed by atoms with E-state index in [9.17, 15) is 14.4 Å². The number of esters is 1. The van der Waals surface area contributed by atoms with Crippen molar-refractivity contribution in [2.75, 3.05) is 26.9 Å². The molecule has 8 heteroatoms. The average molecular weight is 473 g/mol. The average Bonchev–Trinajstić information content (AvgIpc) is 3.09. The van der Waals surface area contributed by atoms with Crippen molar-refractivity contribution in [1.29, 1.82) is 0 Å². The van der Waals surface area contributed by atoms with Gasteiger partial charge in [0.25, 0.3) is 5.91 Å². The normalized spacial score (nSPS) is 11.9. The Balaban J connectivity index is 2.00. The number of aromatic nitrogens is 1. The van der Waals surface area contributed by atoms with Gasteiger partial charge in [-0.05, 0) is 63.4 Å². The molecule has 1 N–H and O–H groups in total. The Kier molecular flexibility index (Phi) is 10.3. The van der Waals surface area contributed by atoms with Gasteiger partial charge in [-0.3, -0.25) is 9.59 Å². The van der Waals surface area contributed by atoms with Crippen LogP contribution in [-0.4, -0.2) is 55.2 Å². The highest BCUT2D eigenvalue weighted by atomic mass is 16.5.